The van der Waals surface area contributed by atoms with Gasteiger partial charge in [-0.15, -0.1) is 0 Å². The Morgan fingerprint density at radius 1 is 1.53 bits per heavy atom. The number of ether oxygens (including phenoxy) is 1. The lowest BCUT2D eigenvalue weighted by atomic mass is 10.0. The zero-order valence-electron chi connectivity index (χ0n) is 9.88. The SMILES string of the molecule is CC(NC1CCCOC1)c1ccc(F)cc1Br. The first kappa shape index (κ1) is 13.0. The summed E-state index contributed by atoms with van der Waals surface area (Å²) in [6.45, 7) is 3.72. The van der Waals surface area contributed by atoms with Crippen molar-refractivity contribution < 1.29 is 9.13 Å². The normalized spacial score (nSPS) is 22.4. The summed E-state index contributed by atoms with van der Waals surface area (Å²) in [7, 11) is 0. The first-order chi connectivity index (χ1) is 8.16. The van der Waals surface area contributed by atoms with E-state index in [9.17, 15) is 4.39 Å². The van der Waals surface area contributed by atoms with Crippen LogP contribution in [0.25, 0.3) is 0 Å². The molecule has 1 heterocycles. The van der Waals surface area contributed by atoms with Crippen molar-refractivity contribution in [2.45, 2.75) is 31.8 Å². The second-order valence-corrected chi connectivity index (χ2v) is 5.32. The van der Waals surface area contributed by atoms with Crippen molar-refractivity contribution >= 4 is 15.9 Å². The highest BCUT2D eigenvalue weighted by molar-refractivity contribution is 9.10. The Labute approximate surface area is 110 Å². The zero-order chi connectivity index (χ0) is 12.3. The average Bonchev–Trinajstić information content (AvgIpc) is 2.30. The molecule has 1 saturated heterocycles. The molecule has 0 bridgehead atoms. The molecule has 17 heavy (non-hydrogen) atoms. The maximum Gasteiger partial charge on any atom is 0.124 e. The molecular weight excluding hydrogens is 285 g/mol. The molecule has 1 fully saturated rings. The van der Waals surface area contributed by atoms with Crippen LogP contribution in [-0.4, -0.2) is 19.3 Å². The fourth-order valence-electron chi connectivity index (χ4n) is 2.17. The smallest absolute Gasteiger partial charge is 0.124 e. The van der Waals surface area contributed by atoms with Crippen molar-refractivity contribution in [3.63, 3.8) is 0 Å². The predicted octanol–water partition coefficient (Wildman–Crippen LogP) is 3.42. The number of hydrogen-bond donors (Lipinski definition) is 1. The average molecular weight is 302 g/mol. The van der Waals surface area contributed by atoms with Gasteiger partial charge >= 0.3 is 0 Å². The first-order valence-electron chi connectivity index (χ1n) is 5.95. The van der Waals surface area contributed by atoms with Crippen molar-refractivity contribution in [1.29, 1.82) is 0 Å². The summed E-state index contributed by atoms with van der Waals surface area (Å²) < 4.78 is 19.2. The van der Waals surface area contributed by atoms with Gasteiger partial charge in [0.05, 0.1) is 6.61 Å². The van der Waals surface area contributed by atoms with Crippen molar-refractivity contribution in [2.75, 3.05) is 13.2 Å². The summed E-state index contributed by atoms with van der Waals surface area (Å²) in [4.78, 5) is 0. The zero-order valence-corrected chi connectivity index (χ0v) is 11.5. The minimum absolute atomic E-state index is 0.191. The Hall–Kier alpha value is -0.450. The molecule has 2 unspecified atom stereocenters. The summed E-state index contributed by atoms with van der Waals surface area (Å²) in [6.07, 6.45) is 2.25. The van der Waals surface area contributed by atoms with E-state index >= 15 is 0 Å². The van der Waals surface area contributed by atoms with Crippen LogP contribution in [0.5, 0.6) is 0 Å². The molecule has 0 radical (unpaired) electrons. The Bertz CT molecular complexity index is 380. The van der Waals surface area contributed by atoms with E-state index in [1.807, 2.05) is 6.07 Å². The van der Waals surface area contributed by atoms with Gasteiger partial charge in [0.15, 0.2) is 0 Å². The second kappa shape index (κ2) is 5.94. The fourth-order valence-corrected chi connectivity index (χ4v) is 2.86. The van der Waals surface area contributed by atoms with E-state index in [-0.39, 0.29) is 11.9 Å². The fraction of sp³-hybridized carbons (Fsp3) is 0.538. The third-order valence-electron chi connectivity index (χ3n) is 3.08. The van der Waals surface area contributed by atoms with Gasteiger partial charge in [-0.05, 0) is 37.5 Å². The van der Waals surface area contributed by atoms with Crippen LogP contribution >= 0.6 is 15.9 Å². The van der Waals surface area contributed by atoms with E-state index in [1.54, 1.807) is 0 Å². The minimum Gasteiger partial charge on any atom is -0.380 e. The lowest BCUT2D eigenvalue weighted by Crippen LogP contribution is -2.38. The molecule has 2 rings (SSSR count). The molecule has 1 aromatic rings. The van der Waals surface area contributed by atoms with E-state index in [2.05, 4.69) is 28.2 Å². The van der Waals surface area contributed by atoms with Gasteiger partial charge in [0.2, 0.25) is 0 Å². The standard InChI is InChI=1S/C13H17BrFNO/c1-9(16-11-3-2-6-17-8-11)12-5-4-10(15)7-13(12)14/h4-5,7,9,11,16H,2-3,6,8H2,1H3. The Morgan fingerprint density at radius 3 is 3.00 bits per heavy atom. The molecule has 2 nitrogen and oxygen atoms in total. The second-order valence-electron chi connectivity index (χ2n) is 4.47. The highest BCUT2D eigenvalue weighted by Gasteiger charge is 2.18. The summed E-state index contributed by atoms with van der Waals surface area (Å²) in [6, 6.07) is 5.41. The van der Waals surface area contributed by atoms with Crippen LogP contribution in [0, 0.1) is 5.82 Å². The van der Waals surface area contributed by atoms with Gasteiger partial charge in [-0.2, -0.15) is 0 Å². The van der Waals surface area contributed by atoms with Gasteiger partial charge in [-0.3, -0.25) is 0 Å². The van der Waals surface area contributed by atoms with Gasteiger partial charge in [0, 0.05) is 23.2 Å². The summed E-state index contributed by atoms with van der Waals surface area (Å²) in [5, 5.41) is 3.52. The molecule has 2 atom stereocenters. The number of halogens is 2. The van der Waals surface area contributed by atoms with E-state index in [1.165, 1.54) is 12.1 Å². The van der Waals surface area contributed by atoms with Gasteiger partial charge in [-0.25, -0.2) is 4.39 Å². The quantitative estimate of drug-likeness (QED) is 0.924. The lowest BCUT2D eigenvalue weighted by Gasteiger charge is -2.27. The summed E-state index contributed by atoms with van der Waals surface area (Å²) >= 11 is 3.40. The number of rotatable bonds is 3. The maximum absolute atomic E-state index is 13.0. The Kier molecular flexibility index (Phi) is 4.54. The largest absolute Gasteiger partial charge is 0.380 e. The van der Waals surface area contributed by atoms with Gasteiger partial charge in [0.1, 0.15) is 5.82 Å². The van der Waals surface area contributed by atoms with Crippen molar-refractivity contribution in [3.05, 3.63) is 34.1 Å². The lowest BCUT2D eigenvalue weighted by molar-refractivity contribution is 0.0670. The Balaban J connectivity index is 2.00. The molecule has 94 valence electrons. The highest BCUT2D eigenvalue weighted by Crippen LogP contribution is 2.25. The molecule has 1 aliphatic heterocycles. The van der Waals surface area contributed by atoms with Gasteiger partial charge in [0.25, 0.3) is 0 Å². The van der Waals surface area contributed by atoms with Crippen LogP contribution in [0.3, 0.4) is 0 Å². The number of benzene rings is 1. The molecular formula is C13H17BrFNO. The molecule has 0 saturated carbocycles. The van der Waals surface area contributed by atoms with E-state index in [4.69, 9.17) is 4.74 Å². The molecule has 0 spiro atoms. The molecule has 4 heteroatoms. The monoisotopic (exact) mass is 301 g/mol. The number of hydrogen-bond acceptors (Lipinski definition) is 2. The molecule has 1 N–H and O–H groups in total. The predicted molar refractivity (Wildman–Crippen MR) is 69.5 cm³/mol. The van der Waals surface area contributed by atoms with Crippen molar-refractivity contribution in [1.82, 2.24) is 5.32 Å². The van der Waals surface area contributed by atoms with Crippen LogP contribution in [0.2, 0.25) is 0 Å². The van der Waals surface area contributed by atoms with Crippen LogP contribution < -0.4 is 5.32 Å². The summed E-state index contributed by atoms with van der Waals surface area (Å²) in [5.74, 6) is -0.214. The molecule has 0 aliphatic carbocycles. The van der Waals surface area contributed by atoms with Crippen molar-refractivity contribution in [2.24, 2.45) is 0 Å². The summed E-state index contributed by atoms with van der Waals surface area (Å²) in [5.41, 5.74) is 1.08. The topological polar surface area (TPSA) is 21.3 Å². The third-order valence-corrected chi connectivity index (χ3v) is 3.76. The van der Waals surface area contributed by atoms with Crippen LogP contribution in [0.4, 0.5) is 4.39 Å². The van der Waals surface area contributed by atoms with Gasteiger partial charge in [-0.1, -0.05) is 22.0 Å². The molecule has 0 amide bonds. The maximum atomic E-state index is 13.0. The van der Waals surface area contributed by atoms with Crippen LogP contribution in [0.1, 0.15) is 31.4 Å². The molecule has 1 aliphatic rings. The van der Waals surface area contributed by atoms with E-state index in [0.717, 1.165) is 36.1 Å². The molecule has 1 aromatic carbocycles. The first-order valence-corrected chi connectivity index (χ1v) is 6.75. The van der Waals surface area contributed by atoms with E-state index in [0.29, 0.717) is 6.04 Å². The minimum atomic E-state index is -0.214. The number of nitrogens with one attached hydrogen (secondary N) is 1. The van der Waals surface area contributed by atoms with Gasteiger partial charge < -0.3 is 10.1 Å². The third kappa shape index (κ3) is 3.50. The Morgan fingerprint density at radius 2 is 2.35 bits per heavy atom. The van der Waals surface area contributed by atoms with Crippen molar-refractivity contribution in [3.8, 4) is 0 Å². The van der Waals surface area contributed by atoms with Crippen LogP contribution in [-0.2, 0) is 4.74 Å². The van der Waals surface area contributed by atoms with E-state index < -0.39 is 0 Å². The molecule has 0 aromatic heterocycles. The van der Waals surface area contributed by atoms with Crippen LogP contribution in [0.15, 0.2) is 22.7 Å². The highest BCUT2D eigenvalue weighted by atomic mass is 79.9.